The molecule has 0 saturated heterocycles. The molecule has 1 N–H and O–H groups in total. The van der Waals surface area contributed by atoms with E-state index >= 15 is 0 Å². The van der Waals surface area contributed by atoms with Gasteiger partial charge in [-0.05, 0) is 36.6 Å². The van der Waals surface area contributed by atoms with Crippen molar-refractivity contribution in [3.8, 4) is 0 Å². The highest BCUT2D eigenvalue weighted by Crippen LogP contribution is 2.21. The molecular weight excluding hydrogens is 209 g/mol. The zero-order valence-electron chi connectivity index (χ0n) is 9.53. The van der Waals surface area contributed by atoms with Gasteiger partial charge in [-0.1, -0.05) is 0 Å². The topological polar surface area (TPSA) is 40.5 Å². The molecule has 4 heteroatoms. The van der Waals surface area contributed by atoms with Gasteiger partial charge in [-0.25, -0.2) is 4.39 Å². The average molecular weight is 225 g/mol. The maximum Gasteiger partial charge on any atom is 0.303 e. The number of hydrogen-bond acceptors (Lipinski definition) is 2. The van der Waals surface area contributed by atoms with E-state index in [0.717, 1.165) is 11.3 Å². The fourth-order valence-electron chi connectivity index (χ4n) is 1.62. The van der Waals surface area contributed by atoms with Crippen LogP contribution in [0.3, 0.4) is 0 Å². The first-order chi connectivity index (χ1) is 7.50. The minimum Gasteiger partial charge on any atom is -0.481 e. The van der Waals surface area contributed by atoms with E-state index < -0.39 is 5.97 Å². The van der Waals surface area contributed by atoms with E-state index in [2.05, 4.69) is 0 Å². The summed E-state index contributed by atoms with van der Waals surface area (Å²) in [5.74, 6) is -1.10. The molecule has 0 atom stereocenters. The van der Waals surface area contributed by atoms with Crippen LogP contribution in [-0.4, -0.2) is 25.2 Å². The van der Waals surface area contributed by atoms with Gasteiger partial charge in [0.05, 0.1) is 0 Å². The minimum absolute atomic E-state index is 0.114. The van der Waals surface area contributed by atoms with Crippen molar-refractivity contribution in [2.45, 2.75) is 19.3 Å². The molecule has 0 heterocycles. The smallest absolute Gasteiger partial charge is 0.303 e. The molecule has 0 spiro atoms. The number of carboxylic acid groups (broad SMARTS) is 1. The zero-order chi connectivity index (χ0) is 12.1. The van der Waals surface area contributed by atoms with Crippen molar-refractivity contribution in [1.82, 2.24) is 0 Å². The highest BCUT2D eigenvalue weighted by atomic mass is 19.1. The van der Waals surface area contributed by atoms with Crippen LogP contribution in [0.5, 0.6) is 0 Å². The number of anilines is 1. The molecule has 3 nitrogen and oxygen atoms in total. The Hall–Kier alpha value is -1.58. The summed E-state index contributed by atoms with van der Waals surface area (Å²) in [7, 11) is 3.77. The summed E-state index contributed by atoms with van der Waals surface area (Å²) in [5.41, 5.74) is 1.79. The summed E-state index contributed by atoms with van der Waals surface area (Å²) in [6, 6.07) is 4.60. The monoisotopic (exact) mass is 225 g/mol. The highest BCUT2D eigenvalue weighted by Gasteiger charge is 2.07. The van der Waals surface area contributed by atoms with Crippen LogP contribution in [0.2, 0.25) is 0 Å². The first-order valence-electron chi connectivity index (χ1n) is 5.18. The van der Waals surface area contributed by atoms with Crippen LogP contribution < -0.4 is 4.90 Å². The van der Waals surface area contributed by atoms with Crippen molar-refractivity contribution < 1.29 is 14.3 Å². The van der Waals surface area contributed by atoms with Crippen LogP contribution in [0.1, 0.15) is 18.4 Å². The number of rotatable bonds is 5. The standard InChI is InChI=1S/C12H16FNO2/c1-14(2)11-7-6-10(13)8-9(11)4-3-5-12(15)16/h6-8H,3-5H2,1-2H3,(H,15,16). The number of benzene rings is 1. The Morgan fingerprint density at radius 1 is 1.44 bits per heavy atom. The Balaban J connectivity index is 2.76. The molecule has 0 saturated carbocycles. The largest absolute Gasteiger partial charge is 0.481 e. The second kappa shape index (κ2) is 5.49. The van der Waals surface area contributed by atoms with Gasteiger partial charge in [0.15, 0.2) is 0 Å². The molecule has 0 amide bonds. The molecule has 1 aromatic rings. The molecule has 88 valence electrons. The lowest BCUT2D eigenvalue weighted by molar-refractivity contribution is -0.137. The van der Waals surface area contributed by atoms with E-state index in [1.54, 1.807) is 6.07 Å². The second-order valence-corrected chi connectivity index (χ2v) is 3.91. The van der Waals surface area contributed by atoms with Crippen molar-refractivity contribution in [2.24, 2.45) is 0 Å². The van der Waals surface area contributed by atoms with Gasteiger partial charge in [0.2, 0.25) is 0 Å². The third-order valence-electron chi connectivity index (χ3n) is 2.36. The Bertz CT molecular complexity index is 377. The first kappa shape index (κ1) is 12.5. The number of carbonyl (C=O) groups is 1. The lowest BCUT2D eigenvalue weighted by atomic mass is 10.1. The average Bonchev–Trinajstić information content (AvgIpc) is 2.16. The lowest BCUT2D eigenvalue weighted by Gasteiger charge is -2.17. The van der Waals surface area contributed by atoms with Crippen molar-refractivity contribution in [1.29, 1.82) is 0 Å². The predicted octanol–water partition coefficient (Wildman–Crippen LogP) is 2.30. The molecule has 1 rings (SSSR count). The van der Waals surface area contributed by atoms with E-state index in [9.17, 15) is 9.18 Å². The van der Waals surface area contributed by atoms with Crippen LogP contribution in [0.15, 0.2) is 18.2 Å². The Kier molecular flexibility index (Phi) is 4.28. The van der Waals surface area contributed by atoms with E-state index in [1.807, 2.05) is 19.0 Å². The molecule has 0 aliphatic carbocycles. The van der Waals surface area contributed by atoms with E-state index in [0.29, 0.717) is 12.8 Å². The molecule has 16 heavy (non-hydrogen) atoms. The number of aliphatic carboxylic acids is 1. The number of halogens is 1. The molecule has 0 bridgehead atoms. The maximum absolute atomic E-state index is 13.1. The fourth-order valence-corrected chi connectivity index (χ4v) is 1.62. The minimum atomic E-state index is -0.817. The van der Waals surface area contributed by atoms with E-state index in [1.165, 1.54) is 12.1 Å². The van der Waals surface area contributed by atoms with Crippen LogP contribution >= 0.6 is 0 Å². The lowest BCUT2D eigenvalue weighted by Crippen LogP contribution is -2.11. The van der Waals surface area contributed by atoms with Gasteiger partial charge < -0.3 is 10.0 Å². The fraction of sp³-hybridized carbons (Fsp3) is 0.417. The maximum atomic E-state index is 13.1. The number of hydrogen-bond donors (Lipinski definition) is 1. The Morgan fingerprint density at radius 3 is 2.69 bits per heavy atom. The summed E-state index contributed by atoms with van der Waals surface area (Å²) in [6.45, 7) is 0. The summed E-state index contributed by atoms with van der Waals surface area (Å²) < 4.78 is 13.1. The van der Waals surface area contributed by atoms with Crippen molar-refractivity contribution in [3.63, 3.8) is 0 Å². The molecular formula is C12H16FNO2. The van der Waals surface area contributed by atoms with Crippen LogP contribution in [0.4, 0.5) is 10.1 Å². The summed E-state index contributed by atoms with van der Waals surface area (Å²) >= 11 is 0. The first-order valence-corrected chi connectivity index (χ1v) is 5.18. The van der Waals surface area contributed by atoms with Gasteiger partial charge in [-0.3, -0.25) is 4.79 Å². The summed E-state index contributed by atoms with van der Waals surface area (Å²) in [4.78, 5) is 12.3. The third-order valence-corrected chi connectivity index (χ3v) is 2.36. The van der Waals surface area contributed by atoms with Crippen molar-refractivity contribution in [3.05, 3.63) is 29.6 Å². The van der Waals surface area contributed by atoms with Gasteiger partial charge in [-0.15, -0.1) is 0 Å². The SMILES string of the molecule is CN(C)c1ccc(F)cc1CCCC(=O)O. The number of carboxylic acids is 1. The van der Waals surface area contributed by atoms with Gasteiger partial charge in [0.1, 0.15) is 5.82 Å². The quantitative estimate of drug-likeness (QED) is 0.835. The molecule has 0 radical (unpaired) electrons. The third kappa shape index (κ3) is 3.53. The van der Waals surface area contributed by atoms with Crippen LogP contribution in [0, 0.1) is 5.82 Å². The number of nitrogens with zero attached hydrogens (tertiary/aromatic N) is 1. The van der Waals surface area contributed by atoms with Crippen LogP contribution in [0.25, 0.3) is 0 Å². The van der Waals surface area contributed by atoms with Gasteiger partial charge in [0.25, 0.3) is 0 Å². The van der Waals surface area contributed by atoms with Gasteiger partial charge in [-0.2, -0.15) is 0 Å². The number of aryl methyl sites for hydroxylation is 1. The summed E-state index contributed by atoms with van der Waals surface area (Å²) in [6.07, 6.45) is 1.22. The molecule has 1 aromatic carbocycles. The van der Waals surface area contributed by atoms with Gasteiger partial charge >= 0.3 is 5.97 Å². The van der Waals surface area contributed by atoms with Crippen molar-refractivity contribution in [2.75, 3.05) is 19.0 Å². The molecule has 0 aromatic heterocycles. The second-order valence-electron chi connectivity index (χ2n) is 3.91. The predicted molar refractivity (Wildman–Crippen MR) is 61.3 cm³/mol. The van der Waals surface area contributed by atoms with Crippen LogP contribution in [-0.2, 0) is 11.2 Å². The van der Waals surface area contributed by atoms with Gasteiger partial charge in [0, 0.05) is 26.2 Å². The normalized spacial score (nSPS) is 10.2. The molecule has 0 fully saturated rings. The molecule has 0 aliphatic rings. The highest BCUT2D eigenvalue weighted by molar-refractivity contribution is 5.66. The molecule has 0 unspecified atom stereocenters. The van der Waals surface area contributed by atoms with E-state index in [-0.39, 0.29) is 12.2 Å². The Labute approximate surface area is 94.5 Å². The van der Waals surface area contributed by atoms with Crippen molar-refractivity contribution >= 4 is 11.7 Å². The Morgan fingerprint density at radius 2 is 2.12 bits per heavy atom. The molecule has 0 aliphatic heterocycles. The van der Waals surface area contributed by atoms with E-state index in [4.69, 9.17) is 5.11 Å². The summed E-state index contributed by atoms with van der Waals surface area (Å²) in [5, 5.41) is 8.54. The zero-order valence-corrected chi connectivity index (χ0v) is 9.53.